The lowest BCUT2D eigenvalue weighted by atomic mass is 10.1. The number of unbranched alkanes of at least 4 members (excludes halogenated alkanes) is 4. The van der Waals surface area contributed by atoms with Gasteiger partial charge in [-0.1, -0.05) is 32.6 Å². The maximum atomic E-state index is 11.9. The van der Waals surface area contributed by atoms with Gasteiger partial charge in [0.25, 0.3) is 0 Å². The van der Waals surface area contributed by atoms with Gasteiger partial charge in [-0.25, -0.2) is 0 Å². The topological polar surface area (TPSA) is 37.4 Å². The Hall–Kier alpha value is -0.570. The number of amides is 1. The van der Waals surface area contributed by atoms with E-state index in [2.05, 4.69) is 6.92 Å². The van der Waals surface area contributed by atoms with Gasteiger partial charge >= 0.3 is 0 Å². The van der Waals surface area contributed by atoms with Crippen molar-refractivity contribution in [3.05, 3.63) is 0 Å². The van der Waals surface area contributed by atoms with E-state index in [9.17, 15) is 9.59 Å². The van der Waals surface area contributed by atoms with Crippen LogP contribution in [0.1, 0.15) is 58.3 Å². The van der Waals surface area contributed by atoms with Crippen molar-refractivity contribution in [2.45, 2.75) is 64.3 Å². The highest BCUT2D eigenvalue weighted by Crippen LogP contribution is 2.21. The van der Waals surface area contributed by atoms with Crippen molar-refractivity contribution in [2.75, 3.05) is 6.54 Å². The summed E-state index contributed by atoms with van der Waals surface area (Å²) in [5.74, 6) is 0.0954. The van der Waals surface area contributed by atoms with Crippen LogP contribution in [0.4, 0.5) is 0 Å². The molecule has 1 rings (SSSR count). The van der Waals surface area contributed by atoms with E-state index in [4.69, 9.17) is 11.6 Å². The lowest BCUT2D eigenvalue weighted by Gasteiger charge is -2.21. The molecule has 0 bridgehead atoms. The molecule has 1 atom stereocenters. The van der Waals surface area contributed by atoms with Crippen LogP contribution in [-0.2, 0) is 9.59 Å². The average molecular weight is 260 g/mol. The Kier molecular flexibility index (Phi) is 6.56. The highest BCUT2D eigenvalue weighted by molar-refractivity contribution is 6.64. The molecule has 98 valence electrons. The first-order valence-electron chi connectivity index (χ1n) is 6.65. The van der Waals surface area contributed by atoms with Gasteiger partial charge in [-0.3, -0.25) is 9.59 Å². The molecule has 1 aliphatic heterocycles. The Labute approximate surface area is 108 Å². The van der Waals surface area contributed by atoms with Crippen LogP contribution in [0.5, 0.6) is 0 Å². The van der Waals surface area contributed by atoms with E-state index in [-0.39, 0.29) is 17.2 Å². The molecule has 0 aliphatic carbocycles. The van der Waals surface area contributed by atoms with Gasteiger partial charge in [0.15, 0.2) is 0 Å². The second-order valence-corrected chi connectivity index (χ2v) is 5.09. The van der Waals surface area contributed by atoms with Crippen LogP contribution in [-0.4, -0.2) is 28.6 Å². The normalized spacial score (nSPS) is 19.6. The number of carbonyl (C=O) groups is 2. The molecular weight excluding hydrogens is 238 g/mol. The molecule has 1 fully saturated rings. The summed E-state index contributed by atoms with van der Waals surface area (Å²) in [6, 6.07) is -0.361. The van der Waals surface area contributed by atoms with Crippen molar-refractivity contribution in [2.24, 2.45) is 0 Å². The monoisotopic (exact) mass is 259 g/mol. The molecule has 0 N–H and O–H groups in total. The van der Waals surface area contributed by atoms with E-state index in [1.54, 1.807) is 4.90 Å². The smallest absolute Gasteiger partial charge is 0.244 e. The minimum atomic E-state index is -0.387. The van der Waals surface area contributed by atoms with E-state index in [0.717, 1.165) is 25.7 Å². The molecule has 0 saturated carbocycles. The number of nitrogens with zero attached hydrogens (tertiary/aromatic N) is 1. The summed E-state index contributed by atoms with van der Waals surface area (Å²) in [4.78, 5) is 24.7. The van der Waals surface area contributed by atoms with Crippen molar-refractivity contribution in [3.8, 4) is 0 Å². The third-order valence-electron chi connectivity index (χ3n) is 3.33. The van der Waals surface area contributed by atoms with Gasteiger partial charge < -0.3 is 4.90 Å². The molecule has 3 nitrogen and oxygen atoms in total. The highest BCUT2D eigenvalue weighted by Gasteiger charge is 2.32. The largest absolute Gasteiger partial charge is 0.331 e. The van der Waals surface area contributed by atoms with Crippen LogP contribution in [0.25, 0.3) is 0 Å². The van der Waals surface area contributed by atoms with Crippen LogP contribution in [0.15, 0.2) is 0 Å². The predicted octanol–water partition coefficient (Wildman–Crippen LogP) is 3.10. The fourth-order valence-electron chi connectivity index (χ4n) is 2.32. The Morgan fingerprint density at radius 3 is 2.59 bits per heavy atom. The Bertz CT molecular complexity index is 268. The average Bonchev–Trinajstić information content (AvgIpc) is 2.77. The molecular formula is C13H22ClNO2. The van der Waals surface area contributed by atoms with Gasteiger partial charge in [0.1, 0.15) is 6.04 Å². The van der Waals surface area contributed by atoms with Gasteiger partial charge in [-0.2, -0.15) is 0 Å². The first kappa shape index (κ1) is 14.5. The summed E-state index contributed by atoms with van der Waals surface area (Å²) >= 11 is 5.49. The minimum absolute atomic E-state index is 0.0954. The molecule has 0 spiro atoms. The quantitative estimate of drug-likeness (QED) is 0.520. The van der Waals surface area contributed by atoms with E-state index >= 15 is 0 Å². The van der Waals surface area contributed by atoms with Crippen LogP contribution >= 0.6 is 11.6 Å². The van der Waals surface area contributed by atoms with Gasteiger partial charge in [0, 0.05) is 13.0 Å². The van der Waals surface area contributed by atoms with Crippen LogP contribution in [0.3, 0.4) is 0 Å². The van der Waals surface area contributed by atoms with Crippen molar-refractivity contribution >= 4 is 22.8 Å². The van der Waals surface area contributed by atoms with Gasteiger partial charge in [0.2, 0.25) is 11.1 Å². The number of carbonyl (C=O) groups excluding carboxylic acids is 2. The maximum Gasteiger partial charge on any atom is 0.244 e. The van der Waals surface area contributed by atoms with Crippen molar-refractivity contribution < 1.29 is 9.59 Å². The molecule has 1 aliphatic rings. The van der Waals surface area contributed by atoms with E-state index in [1.807, 2.05) is 0 Å². The second-order valence-electron chi connectivity index (χ2n) is 4.71. The lowest BCUT2D eigenvalue weighted by molar-refractivity contribution is -0.135. The minimum Gasteiger partial charge on any atom is -0.331 e. The zero-order valence-corrected chi connectivity index (χ0v) is 11.3. The molecule has 1 heterocycles. The van der Waals surface area contributed by atoms with E-state index < -0.39 is 0 Å². The first-order valence-corrected chi connectivity index (χ1v) is 7.03. The lowest BCUT2D eigenvalue weighted by Crippen LogP contribution is -2.38. The van der Waals surface area contributed by atoms with E-state index in [0.29, 0.717) is 13.0 Å². The summed E-state index contributed by atoms with van der Waals surface area (Å²) < 4.78 is 0. The van der Waals surface area contributed by atoms with Crippen LogP contribution in [0, 0.1) is 0 Å². The predicted molar refractivity (Wildman–Crippen MR) is 69.0 cm³/mol. The molecule has 0 aromatic carbocycles. The number of halogens is 1. The summed E-state index contributed by atoms with van der Waals surface area (Å²) in [6.07, 6.45) is 7.86. The summed E-state index contributed by atoms with van der Waals surface area (Å²) in [6.45, 7) is 2.86. The SMILES string of the molecule is CCCCCCCC(=O)N1CCC[C@H]1C(=O)Cl. The zero-order valence-electron chi connectivity index (χ0n) is 10.6. The molecule has 4 heteroatoms. The molecule has 0 radical (unpaired) electrons. The Balaban J connectivity index is 2.25. The van der Waals surface area contributed by atoms with Crippen LogP contribution < -0.4 is 0 Å². The van der Waals surface area contributed by atoms with Gasteiger partial charge in [-0.05, 0) is 30.9 Å². The van der Waals surface area contributed by atoms with Crippen molar-refractivity contribution in [3.63, 3.8) is 0 Å². The maximum absolute atomic E-state index is 11.9. The number of hydrogen-bond acceptors (Lipinski definition) is 2. The molecule has 0 unspecified atom stereocenters. The molecule has 1 amide bonds. The van der Waals surface area contributed by atoms with Crippen LogP contribution in [0.2, 0.25) is 0 Å². The summed E-state index contributed by atoms with van der Waals surface area (Å²) in [7, 11) is 0. The van der Waals surface area contributed by atoms with E-state index in [1.165, 1.54) is 19.3 Å². The Morgan fingerprint density at radius 1 is 1.24 bits per heavy atom. The third-order valence-corrected chi connectivity index (χ3v) is 3.58. The summed E-state index contributed by atoms with van der Waals surface area (Å²) in [5.41, 5.74) is 0. The standard InChI is InChI=1S/C13H22ClNO2/c1-2-3-4-5-6-9-12(16)15-10-7-8-11(15)13(14)17/h11H,2-10H2,1H3/t11-/m0/s1. The fourth-order valence-corrected chi connectivity index (χ4v) is 2.55. The molecule has 0 aromatic heterocycles. The molecule has 1 saturated heterocycles. The summed E-state index contributed by atoms with van der Waals surface area (Å²) in [5, 5.41) is -0.387. The van der Waals surface area contributed by atoms with Gasteiger partial charge in [0.05, 0.1) is 0 Å². The highest BCUT2D eigenvalue weighted by atomic mass is 35.5. The fraction of sp³-hybridized carbons (Fsp3) is 0.846. The third kappa shape index (κ3) is 4.66. The van der Waals surface area contributed by atoms with Crippen molar-refractivity contribution in [1.82, 2.24) is 4.90 Å². The zero-order chi connectivity index (χ0) is 12.7. The number of rotatable bonds is 7. The first-order chi connectivity index (χ1) is 8.16. The Morgan fingerprint density at radius 2 is 1.94 bits per heavy atom. The second kappa shape index (κ2) is 7.70. The molecule has 17 heavy (non-hydrogen) atoms. The van der Waals surface area contributed by atoms with Crippen molar-refractivity contribution in [1.29, 1.82) is 0 Å². The molecule has 0 aromatic rings. The van der Waals surface area contributed by atoms with Gasteiger partial charge in [-0.15, -0.1) is 0 Å². The number of likely N-dealkylation sites (tertiary alicyclic amines) is 1. The number of hydrogen-bond donors (Lipinski definition) is 0.